The Hall–Kier alpha value is -4.66. The van der Waals surface area contributed by atoms with Crippen LogP contribution in [0.5, 0.6) is 11.5 Å². The Kier molecular flexibility index (Phi) is 8.15. The molecule has 0 spiro atoms. The molecule has 4 aromatic rings. The average molecular weight is 500 g/mol. The second-order valence-corrected chi connectivity index (χ2v) is 8.60. The van der Waals surface area contributed by atoms with E-state index in [2.05, 4.69) is 20.6 Å². The van der Waals surface area contributed by atoms with E-state index in [1.54, 1.807) is 42.5 Å². The SMILES string of the molecule is CCCCNC(=O)c1[nH]n(-c2ccccc2)c(=O)c1N=Nc1ccc(CCc2cc(O)ccc2O)cc1. The maximum absolute atomic E-state index is 13.1. The lowest BCUT2D eigenvalue weighted by Gasteiger charge is -2.06. The van der Waals surface area contributed by atoms with Crippen LogP contribution in [-0.4, -0.2) is 32.4 Å². The summed E-state index contributed by atoms with van der Waals surface area (Å²) in [6.07, 6.45) is 2.96. The second kappa shape index (κ2) is 11.9. The summed E-state index contributed by atoms with van der Waals surface area (Å²) in [5.74, 6) is -0.164. The first-order valence-corrected chi connectivity index (χ1v) is 12.2. The van der Waals surface area contributed by atoms with Crippen molar-refractivity contribution >= 4 is 17.3 Å². The number of benzene rings is 3. The summed E-state index contributed by atoms with van der Waals surface area (Å²) in [6, 6.07) is 20.7. The molecule has 0 aliphatic rings. The number of rotatable bonds is 10. The molecule has 0 aliphatic carbocycles. The number of nitrogens with one attached hydrogen (secondary N) is 2. The Bertz CT molecular complexity index is 1440. The maximum Gasteiger partial charge on any atom is 0.299 e. The molecule has 0 atom stereocenters. The molecule has 3 aromatic carbocycles. The van der Waals surface area contributed by atoms with Gasteiger partial charge in [-0.2, -0.15) is 5.11 Å². The fraction of sp³-hybridized carbons (Fsp3) is 0.214. The molecule has 0 saturated carbocycles. The van der Waals surface area contributed by atoms with Gasteiger partial charge in [0.25, 0.3) is 11.5 Å². The summed E-state index contributed by atoms with van der Waals surface area (Å²) >= 11 is 0. The monoisotopic (exact) mass is 499 g/mol. The van der Waals surface area contributed by atoms with E-state index in [1.807, 2.05) is 25.1 Å². The minimum atomic E-state index is -0.474. The first-order chi connectivity index (χ1) is 18.0. The van der Waals surface area contributed by atoms with Crippen molar-refractivity contribution in [1.29, 1.82) is 0 Å². The van der Waals surface area contributed by atoms with E-state index in [9.17, 15) is 19.8 Å². The number of nitrogens with zero attached hydrogens (tertiary/aromatic N) is 3. The highest BCUT2D eigenvalue weighted by Gasteiger charge is 2.21. The zero-order chi connectivity index (χ0) is 26.2. The van der Waals surface area contributed by atoms with Gasteiger partial charge in [-0.1, -0.05) is 43.7 Å². The number of amides is 1. The first-order valence-electron chi connectivity index (χ1n) is 12.2. The molecule has 1 amide bonds. The summed E-state index contributed by atoms with van der Waals surface area (Å²) in [6.45, 7) is 2.52. The van der Waals surface area contributed by atoms with Crippen LogP contribution in [0.3, 0.4) is 0 Å². The van der Waals surface area contributed by atoms with Gasteiger partial charge in [0.2, 0.25) is 0 Å². The molecule has 4 N–H and O–H groups in total. The van der Waals surface area contributed by atoms with E-state index in [-0.39, 0.29) is 22.9 Å². The molecule has 0 bridgehead atoms. The quantitative estimate of drug-likeness (QED) is 0.134. The standard InChI is InChI=1S/C28H29N5O4/c1-2-3-17-29-27(36)25-26(28(37)33(32-25)22-7-5-4-6-8-22)31-30-21-13-10-19(11-14-21)9-12-20-18-23(34)15-16-24(20)35/h4-8,10-11,13-16,18,32,34-35H,2-3,9,12,17H2,1H3,(H,29,36). The largest absolute Gasteiger partial charge is 0.508 e. The topological polar surface area (TPSA) is 132 Å². The molecular weight excluding hydrogens is 470 g/mol. The van der Waals surface area contributed by atoms with Gasteiger partial charge in [0.05, 0.1) is 11.4 Å². The number of hydrogen-bond acceptors (Lipinski definition) is 6. The smallest absolute Gasteiger partial charge is 0.299 e. The normalized spacial score (nSPS) is 11.2. The van der Waals surface area contributed by atoms with Gasteiger partial charge in [0.1, 0.15) is 11.5 Å². The zero-order valence-electron chi connectivity index (χ0n) is 20.5. The van der Waals surface area contributed by atoms with Crippen LogP contribution in [0, 0.1) is 0 Å². The number of azo groups is 1. The van der Waals surface area contributed by atoms with Gasteiger partial charge in [0.15, 0.2) is 11.4 Å². The summed E-state index contributed by atoms with van der Waals surface area (Å²) in [5.41, 5.74) is 2.28. The number of aromatic amines is 1. The van der Waals surface area contributed by atoms with Gasteiger partial charge in [-0.25, -0.2) is 4.68 Å². The van der Waals surface area contributed by atoms with Gasteiger partial charge >= 0.3 is 0 Å². The minimum absolute atomic E-state index is 0.0521. The molecular formula is C28H29N5O4. The van der Waals surface area contributed by atoms with Crippen molar-refractivity contribution in [2.24, 2.45) is 10.2 Å². The van der Waals surface area contributed by atoms with Crippen molar-refractivity contribution in [3.8, 4) is 17.2 Å². The van der Waals surface area contributed by atoms with Gasteiger partial charge in [0, 0.05) is 6.54 Å². The van der Waals surface area contributed by atoms with E-state index in [0.717, 1.165) is 18.4 Å². The fourth-order valence-corrected chi connectivity index (χ4v) is 3.79. The van der Waals surface area contributed by atoms with Crippen molar-refractivity contribution < 1.29 is 15.0 Å². The predicted octanol–water partition coefficient (Wildman–Crippen LogP) is 5.31. The molecule has 0 unspecified atom stereocenters. The number of carbonyl (C=O) groups is 1. The highest BCUT2D eigenvalue weighted by atomic mass is 16.3. The molecule has 0 fully saturated rings. The molecule has 0 saturated heterocycles. The van der Waals surface area contributed by atoms with Crippen molar-refractivity contribution in [1.82, 2.24) is 15.1 Å². The second-order valence-electron chi connectivity index (χ2n) is 8.60. The molecule has 9 nitrogen and oxygen atoms in total. The zero-order valence-corrected chi connectivity index (χ0v) is 20.5. The van der Waals surface area contributed by atoms with E-state index in [4.69, 9.17) is 0 Å². The molecule has 1 aromatic heterocycles. The highest BCUT2D eigenvalue weighted by Crippen LogP contribution is 2.25. The molecule has 37 heavy (non-hydrogen) atoms. The number of H-pyrrole nitrogens is 1. The van der Waals surface area contributed by atoms with Gasteiger partial charge in [-0.05, 0) is 72.9 Å². The molecule has 0 aliphatic heterocycles. The number of para-hydroxylation sites is 1. The number of aromatic nitrogens is 2. The van der Waals surface area contributed by atoms with Gasteiger partial charge in [-0.3, -0.25) is 14.7 Å². The fourth-order valence-electron chi connectivity index (χ4n) is 3.79. The third kappa shape index (κ3) is 6.32. The first kappa shape index (κ1) is 25.4. The number of aryl methyl sites for hydroxylation is 2. The Labute approximate surface area is 214 Å². The average Bonchev–Trinajstić information content (AvgIpc) is 3.25. The van der Waals surface area contributed by atoms with E-state index >= 15 is 0 Å². The van der Waals surface area contributed by atoms with Crippen molar-refractivity contribution in [3.05, 3.63) is 100.0 Å². The third-order valence-corrected chi connectivity index (χ3v) is 5.87. The van der Waals surface area contributed by atoms with E-state index < -0.39 is 11.5 Å². The molecule has 9 heteroatoms. The van der Waals surface area contributed by atoms with Crippen LogP contribution < -0.4 is 10.9 Å². The van der Waals surface area contributed by atoms with Crippen LogP contribution in [0.4, 0.5) is 11.4 Å². The number of unbranched alkanes of at least 4 members (excludes halogenated alkanes) is 1. The Morgan fingerprint density at radius 2 is 1.73 bits per heavy atom. The number of aromatic hydroxyl groups is 2. The van der Waals surface area contributed by atoms with Crippen LogP contribution in [0.25, 0.3) is 5.69 Å². The van der Waals surface area contributed by atoms with Crippen LogP contribution in [0.2, 0.25) is 0 Å². The lowest BCUT2D eigenvalue weighted by atomic mass is 10.0. The summed E-state index contributed by atoms with van der Waals surface area (Å²) in [5, 5.41) is 33.6. The van der Waals surface area contributed by atoms with Crippen molar-refractivity contribution in [2.75, 3.05) is 6.54 Å². The highest BCUT2D eigenvalue weighted by molar-refractivity contribution is 5.96. The molecule has 0 radical (unpaired) electrons. The van der Waals surface area contributed by atoms with Crippen LogP contribution in [-0.2, 0) is 12.8 Å². The lowest BCUT2D eigenvalue weighted by Crippen LogP contribution is -2.25. The number of carbonyl (C=O) groups excluding carboxylic acids is 1. The minimum Gasteiger partial charge on any atom is -0.508 e. The maximum atomic E-state index is 13.1. The summed E-state index contributed by atoms with van der Waals surface area (Å²) in [7, 11) is 0. The lowest BCUT2D eigenvalue weighted by molar-refractivity contribution is 0.0948. The Morgan fingerprint density at radius 1 is 0.973 bits per heavy atom. The molecule has 190 valence electrons. The third-order valence-electron chi connectivity index (χ3n) is 5.87. The van der Waals surface area contributed by atoms with Crippen LogP contribution in [0.15, 0.2) is 87.8 Å². The summed E-state index contributed by atoms with van der Waals surface area (Å²) in [4.78, 5) is 25.9. The van der Waals surface area contributed by atoms with Crippen molar-refractivity contribution in [3.63, 3.8) is 0 Å². The Balaban J connectivity index is 1.54. The van der Waals surface area contributed by atoms with E-state index in [1.165, 1.54) is 16.8 Å². The number of phenolic OH excluding ortho intramolecular Hbond substituents is 2. The molecule has 4 rings (SSSR count). The van der Waals surface area contributed by atoms with Gasteiger partial charge < -0.3 is 15.5 Å². The van der Waals surface area contributed by atoms with Gasteiger partial charge in [-0.15, -0.1) is 5.11 Å². The Morgan fingerprint density at radius 3 is 2.46 bits per heavy atom. The number of phenols is 2. The molecule has 1 heterocycles. The van der Waals surface area contributed by atoms with Crippen molar-refractivity contribution in [2.45, 2.75) is 32.6 Å². The van der Waals surface area contributed by atoms with Crippen LogP contribution in [0.1, 0.15) is 41.4 Å². The number of hydrogen-bond donors (Lipinski definition) is 4. The van der Waals surface area contributed by atoms with Crippen LogP contribution >= 0.6 is 0 Å². The summed E-state index contributed by atoms with van der Waals surface area (Å²) < 4.78 is 1.28. The predicted molar refractivity (Wildman–Crippen MR) is 141 cm³/mol. The van der Waals surface area contributed by atoms with E-state index in [0.29, 0.717) is 36.3 Å².